The van der Waals surface area contributed by atoms with E-state index in [4.69, 9.17) is 0 Å². The molecule has 0 bridgehead atoms. The molecule has 1 aromatic carbocycles. The molecular formula is C20H19F2N3O2S. The van der Waals surface area contributed by atoms with Crippen LogP contribution in [0.15, 0.2) is 40.2 Å². The van der Waals surface area contributed by atoms with E-state index >= 15 is 0 Å². The van der Waals surface area contributed by atoms with Gasteiger partial charge in [-0.25, -0.2) is 13.8 Å². The van der Waals surface area contributed by atoms with Gasteiger partial charge in [-0.05, 0) is 31.0 Å². The lowest BCUT2D eigenvalue weighted by molar-refractivity contribution is -0.119. The van der Waals surface area contributed by atoms with Crippen molar-refractivity contribution in [3.8, 4) is 0 Å². The lowest BCUT2D eigenvalue weighted by atomic mass is 10.1. The highest BCUT2D eigenvalue weighted by Gasteiger charge is 2.31. The average molecular weight is 403 g/mol. The van der Waals surface area contributed by atoms with E-state index in [1.54, 1.807) is 36.6 Å². The molecule has 0 unspecified atom stereocenters. The van der Waals surface area contributed by atoms with Gasteiger partial charge >= 0.3 is 0 Å². The minimum absolute atomic E-state index is 0.0332. The van der Waals surface area contributed by atoms with Crippen molar-refractivity contribution in [2.24, 2.45) is 10.9 Å². The van der Waals surface area contributed by atoms with Crippen LogP contribution in [-0.2, 0) is 28.4 Å². The first kappa shape index (κ1) is 18.9. The van der Waals surface area contributed by atoms with Gasteiger partial charge in [0.25, 0.3) is 6.43 Å². The first-order valence-corrected chi connectivity index (χ1v) is 10.6. The molecule has 28 heavy (non-hydrogen) atoms. The third-order valence-electron chi connectivity index (χ3n) is 4.83. The summed E-state index contributed by atoms with van der Waals surface area (Å²) >= 11 is 0. The van der Waals surface area contributed by atoms with E-state index in [1.165, 1.54) is 0 Å². The number of aromatic nitrogens is 1. The Morgan fingerprint density at radius 2 is 2.04 bits per heavy atom. The summed E-state index contributed by atoms with van der Waals surface area (Å²) < 4.78 is 38.4. The maximum absolute atomic E-state index is 13.2. The number of hydrogen-bond donors (Lipinski definition) is 1. The Bertz CT molecular complexity index is 1000. The van der Waals surface area contributed by atoms with Crippen LogP contribution in [0.2, 0.25) is 0 Å². The van der Waals surface area contributed by atoms with Gasteiger partial charge in [-0.2, -0.15) is 0 Å². The van der Waals surface area contributed by atoms with Gasteiger partial charge in [0.15, 0.2) is 0 Å². The van der Waals surface area contributed by atoms with Crippen molar-refractivity contribution in [3.05, 3.63) is 41.7 Å². The van der Waals surface area contributed by atoms with Crippen LogP contribution < -0.4 is 5.32 Å². The third-order valence-corrected chi connectivity index (χ3v) is 5.80. The summed E-state index contributed by atoms with van der Waals surface area (Å²) in [5.41, 5.74) is 2.21. The van der Waals surface area contributed by atoms with E-state index in [1.807, 2.05) is 0 Å². The molecule has 8 heteroatoms. The quantitative estimate of drug-likeness (QED) is 0.759. The van der Waals surface area contributed by atoms with Crippen molar-refractivity contribution in [3.63, 3.8) is 0 Å². The Morgan fingerprint density at radius 3 is 2.71 bits per heavy atom. The first-order chi connectivity index (χ1) is 13.4. The lowest BCUT2D eigenvalue weighted by Crippen LogP contribution is -2.11. The van der Waals surface area contributed by atoms with E-state index in [9.17, 15) is 17.8 Å². The van der Waals surface area contributed by atoms with Crippen molar-refractivity contribution in [1.82, 2.24) is 4.98 Å². The first-order valence-electron chi connectivity index (χ1n) is 9.03. The number of hydrogen-bond acceptors (Lipinski definition) is 5. The van der Waals surface area contributed by atoms with Gasteiger partial charge in [-0.1, -0.05) is 12.1 Å². The average Bonchev–Trinajstić information content (AvgIpc) is 3.41. The number of rotatable bonds is 7. The summed E-state index contributed by atoms with van der Waals surface area (Å²) in [7, 11) is -1.23. The molecule has 0 radical (unpaired) electrons. The van der Waals surface area contributed by atoms with Crippen molar-refractivity contribution in [2.75, 3.05) is 11.6 Å². The minimum Gasteiger partial charge on any atom is -0.353 e. The van der Waals surface area contributed by atoms with Gasteiger partial charge in [-0.3, -0.25) is 14.0 Å². The van der Waals surface area contributed by atoms with Gasteiger partial charge < -0.3 is 5.32 Å². The highest BCUT2D eigenvalue weighted by molar-refractivity contribution is 7.84. The van der Waals surface area contributed by atoms with Gasteiger partial charge in [0.1, 0.15) is 11.5 Å². The fraction of sp³-hybridized carbons (Fsp3) is 0.350. The largest absolute Gasteiger partial charge is 0.353 e. The molecule has 0 saturated heterocycles. The van der Waals surface area contributed by atoms with Crippen LogP contribution in [0.1, 0.15) is 24.2 Å². The van der Waals surface area contributed by atoms with Gasteiger partial charge in [0.2, 0.25) is 0 Å². The minimum atomic E-state index is -2.66. The molecule has 1 N–H and O–H groups in total. The Labute approximate surface area is 163 Å². The molecule has 0 amide bonds. The molecule has 1 atom stereocenters. The van der Waals surface area contributed by atoms with E-state index < -0.39 is 17.2 Å². The predicted octanol–water partition coefficient (Wildman–Crippen LogP) is 3.98. The molecule has 2 heterocycles. The molecular weight excluding hydrogens is 384 g/mol. The number of carbonyl (C=O) groups is 1. The summed E-state index contributed by atoms with van der Waals surface area (Å²) in [6, 6.07) is 8.78. The van der Waals surface area contributed by atoms with Crippen molar-refractivity contribution >= 4 is 39.4 Å². The topological polar surface area (TPSA) is 71.4 Å². The number of nitrogens with one attached hydrogen (secondary N) is 1. The Kier molecular flexibility index (Phi) is 5.05. The molecule has 4 rings (SSSR count). The highest BCUT2D eigenvalue weighted by Crippen LogP contribution is 2.38. The van der Waals surface area contributed by atoms with Crippen molar-refractivity contribution in [1.29, 1.82) is 0 Å². The number of Topliss-reactive ketones (excluding diaryl/α,β-unsaturated/α-hetero) is 1. The molecule has 1 aromatic heterocycles. The zero-order chi connectivity index (χ0) is 19.8. The van der Waals surface area contributed by atoms with Gasteiger partial charge in [0, 0.05) is 25.0 Å². The number of alkyl halides is 2. The third kappa shape index (κ3) is 3.87. The van der Waals surface area contributed by atoms with E-state index in [0.29, 0.717) is 33.3 Å². The van der Waals surface area contributed by atoms with Crippen LogP contribution >= 0.6 is 0 Å². The smallest absolute Gasteiger partial charge is 0.277 e. The second-order valence-corrected chi connectivity index (χ2v) is 8.38. The number of fused-ring (bicyclic) bond motifs is 1. The molecule has 1 aliphatic carbocycles. The number of para-hydroxylation sites is 1. The van der Waals surface area contributed by atoms with Crippen LogP contribution in [0.4, 0.5) is 25.8 Å². The SMILES string of the molecule is C[S@](=O)c1ccccc1Nc1cc(CC(=O)C2CC2)nc2c1N=C(C(F)F)C2. The number of nitrogens with zero attached hydrogens (tertiary/aromatic N) is 2. The van der Waals surface area contributed by atoms with Crippen LogP contribution in [0.25, 0.3) is 0 Å². The van der Waals surface area contributed by atoms with Crippen molar-refractivity contribution < 1.29 is 17.8 Å². The lowest BCUT2D eigenvalue weighted by Gasteiger charge is -2.14. The number of anilines is 2. The maximum atomic E-state index is 13.2. The molecule has 0 spiro atoms. The van der Waals surface area contributed by atoms with Crippen LogP contribution in [0.5, 0.6) is 0 Å². The molecule has 1 saturated carbocycles. The predicted molar refractivity (Wildman–Crippen MR) is 105 cm³/mol. The van der Waals surface area contributed by atoms with Gasteiger partial charge in [-0.15, -0.1) is 0 Å². The zero-order valence-corrected chi connectivity index (χ0v) is 16.1. The molecule has 146 valence electrons. The van der Waals surface area contributed by atoms with Crippen molar-refractivity contribution in [2.45, 2.75) is 37.0 Å². The highest BCUT2D eigenvalue weighted by atomic mass is 32.2. The number of aliphatic imine (C=N–C) groups is 1. The second kappa shape index (κ2) is 7.50. The number of pyridine rings is 1. The normalized spacial score (nSPS) is 16.6. The second-order valence-electron chi connectivity index (χ2n) is 7.03. The molecule has 1 fully saturated rings. The number of carbonyl (C=O) groups excluding carboxylic acids is 1. The van der Waals surface area contributed by atoms with E-state index in [-0.39, 0.29) is 30.3 Å². The summed E-state index contributed by atoms with van der Waals surface area (Å²) in [5.74, 6) is 0.226. The number of benzene rings is 1. The van der Waals surface area contributed by atoms with Crippen LogP contribution in [0, 0.1) is 5.92 Å². The number of halogens is 2. The molecule has 2 aliphatic rings. The Balaban J connectivity index is 1.73. The maximum Gasteiger partial charge on any atom is 0.277 e. The summed E-state index contributed by atoms with van der Waals surface area (Å²) in [4.78, 5) is 21.3. The fourth-order valence-corrected chi connectivity index (χ4v) is 3.96. The van der Waals surface area contributed by atoms with Crippen LogP contribution in [-0.4, -0.2) is 33.4 Å². The molecule has 5 nitrogen and oxygen atoms in total. The standard InChI is InChI=1S/C20H19F2N3O2S/c1-28(27)18-5-3-2-4-13(18)24-14-8-12(9-17(26)11-6-7-11)23-15-10-16(20(21)22)25-19(14)15/h2-5,8,11,20H,6-7,9-10H2,1H3,(H,23,24)/t28-/m0/s1. The fourth-order valence-electron chi connectivity index (χ4n) is 3.26. The van der Waals surface area contributed by atoms with Crippen LogP contribution in [0.3, 0.4) is 0 Å². The monoisotopic (exact) mass is 403 g/mol. The summed E-state index contributed by atoms with van der Waals surface area (Å²) in [6.07, 6.45) is 0.873. The number of ketones is 1. The Hall–Kier alpha value is -2.48. The van der Waals surface area contributed by atoms with E-state index in [0.717, 1.165) is 12.8 Å². The molecule has 2 aromatic rings. The summed E-state index contributed by atoms with van der Waals surface area (Å²) in [5, 5.41) is 3.18. The summed E-state index contributed by atoms with van der Waals surface area (Å²) in [6.45, 7) is 0. The zero-order valence-electron chi connectivity index (χ0n) is 15.2. The molecule has 1 aliphatic heterocycles. The van der Waals surface area contributed by atoms with E-state index in [2.05, 4.69) is 15.3 Å². The van der Waals surface area contributed by atoms with Gasteiger partial charge in [0.05, 0.1) is 44.2 Å². The Morgan fingerprint density at radius 1 is 1.29 bits per heavy atom.